The number of aromatic nitrogens is 1. The van der Waals surface area contributed by atoms with Crippen LogP contribution in [0.5, 0.6) is 0 Å². The van der Waals surface area contributed by atoms with Crippen molar-refractivity contribution in [1.82, 2.24) is 9.88 Å². The fourth-order valence-corrected chi connectivity index (χ4v) is 2.43. The highest BCUT2D eigenvalue weighted by Crippen LogP contribution is 2.27. The number of likely N-dealkylation sites (tertiary alicyclic amines) is 1. The quantitative estimate of drug-likeness (QED) is 0.796. The summed E-state index contributed by atoms with van der Waals surface area (Å²) in [6.45, 7) is 6.94. The molecule has 2 heterocycles. The van der Waals surface area contributed by atoms with Crippen LogP contribution in [0.4, 0.5) is 4.79 Å². The molecule has 1 aromatic heterocycles. The first kappa shape index (κ1) is 15.3. The van der Waals surface area contributed by atoms with E-state index in [0.717, 1.165) is 18.5 Å². The molecule has 1 aromatic rings. The summed E-state index contributed by atoms with van der Waals surface area (Å²) in [4.78, 5) is 18.1. The molecule has 1 aliphatic heterocycles. The Balaban J connectivity index is 1.94. The van der Waals surface area contributed by atoms with Crippen molar-refractivity contribution in [1.29, 1.82) is 5.26 Å². The third-order valence-corrected chi connectivity index (χ3v) is 3.45. The van der Waals surface area contributed by atoms with E-state index in [2.05, 4.69) is 11.1 Å². The molecule has 0 radical (unpaired) electrons. The number of nitriles is 1. The molecular formula is C16H21N3O2. The zero-order chi connectivity index (χ0) is 15.5. The molecule has 0 atom stereocenters. The van der Waals surface area contributed by atoms with Crippen LogP contribution in [-0.4, -0.2) is 34.7 Å². The molecule has 0 aliphatic carbocycles. The van der Waals surface area contributed by atoms with Crippen molar-refractivity contribution in [3.63, 3.8) is 0 Å². The van der Waals surface area contributed by atoms with Gasteiger partial charge >= 0.3 is 6.09 Å². The number of carbonyl (C=O) groups is 1. The van der Waals surface area contributed by atoms with Crippen molar-refractivity contribution in [2.45, 2.75) is 45.1 Å². The lowest BCUT2D eigenvalue weighted by molar-refractivity contribution is 0.0204. The molecule has 2 rings (SSSR count). The lowest BCUT2D eigenvalue weighted by atomic mass is 9.93. The Labute approximate surface area is 125 Å². The fraction of sp³-hybridized carbons (Fsp3) is 0.562. The first-order chi connectivity index (χ1) is 9.89. The van der Waals surface area contributed by atoms with Gasteiger partial charge in [-0.25, -0.2) is 9.78 Å². The van der Waals surface area contributed by atoms with Crippen LogP contribution < -0.4 is 0 Å². The van der Waals surface area contributed by atoms with Crippen LogP contribution in [0.25, 0.3) is 0 Å². The average Bonchev–Trinajstić information content (AvgIpc) is 2.46. The summed E-state index contributed by atoms with van der Waals surface area (Å²) in [6.07, 6.45) is 1.45. The van der Waals surface area contributed by atoms with Crippen molar-refractivity contribution in [2.75, 3.05) is 13.1 Å². The Morgan fingerprint density at radius 3 is 2.62 bits per heavy atom. The second-order valence-electron chi connectivity index (χ2n) is 6.30. The number of pyridine rings is 1. The van der Waals surface area contributed by atoms with E-state index in [9.17, 15) is 4.79 Å². The lowest BCUT2D eigenvalue weighted by Gasteiger charge is -2.33. The van der Waals surface area contributed by atoms with Gasteiger partial charge in [-0.3, -0.25) is 0 Å². The molecule has 0 unspecified atom stereocenters. The minimum Gasteiger partial charge on any atom is -0.444 e. The maximum atomic E-state index is 12.0. The second kappa shape index (κ2) is 6.13. The lowest BCUT2D eigenvalue weighted by Crippen LogP contribution is -2.41. The highest BCUT2D eigenvalue weighted by atomic mass is 16.6. The van der Waals surface area contributed by atoms with E-state index in [-0.39, 0.29) is 6.09 Å². The number of ether oxygens (including phenoxy) is 1. The van der Waals surface area contributed by atoms with Crippen LogP contribution in [0, 0.1) is 11.3 Å². The zero-order valence-corrected chi connectivity index (χ0v) is 12.8. The molecule has 0 N–H and O–H groups in total. The zero-order valence-electron chi connectivity index (χ0n) is 12.8. The van der Waals surface area contributed by atoms with Gasteiger partial charge in [0.25, 0.3) is 0 Å². The van der Waals surface area contributed by atoms with Gasteiger partial charge in [-0.1, -0.05) is 6.07 Å². The van der Waals surface area contributed by atoms with Gasteiger partial charge in [-0.2, -0.15) is 5.26 Å². The van der Waals surface area contributed by atoms with Crippen molar-refractivity contribution < 1.29 is 9.53 Å². The van der Waals surface area contributed by atoms with Crippen LogP contribution in [0.3, 0.4) is 0 Å². The van der Waals surface area contributed by atoms with E-state index in [1.54, 1.807) is 11.0 Å². The topological polar surface area (TPSA) is 66.2 Å². The van der Waals surface area contributed by atoms with Crippen molar-refractivity contribution in [3.05, 3.63) is 29.6 Å². The summed E-state index contributed by atoms with van der Waals surface area (Å²) < 4.78 is 5.38. The van der Waals surface area contributed by atoms with Crippen molar-refractivity contribution >= 4 is 6.09 Å². The van der Waals surface area contributed by atoms with E-state index in [1.165, 1.54) is 0 Å². The number of amides is 1. The highest BCUT2D eigenvalue weighted by Gasteiger charge is 2.27. The molecule has 0 spiro atoms. The van der Waals surface area contributed by atoms with Crippen molar-refractivity contribution in [2.24, 2.45) is 0 Å². The summed E-state index contributed by atoms with van der Waals surface area (Å²) in [7, 11) is 0. The molecule has 0 aromatic carbocycles. The molecule has 1 aliphatic rings. The molecule has 1 amide bonds. The smallest absolute Gasteiger partial charge is 0.410 e. The van der Waals surface area contributed by atoms with Gasteiger partial charge in [0.2, 0.25) is 0 Å². The minimum atomic E-state index is -0.462. The van der Waals surface area contributed by atoms with E-state index in [1.807, 2.05) is 32.9 Å². The van der Waals surface area contributed by atoms with Gasteiger partial charge in [0.05, 0.1) is 0 Å². The molecule has 5 heteroatoms. The Morgan fingerprint density at radius 1 is 1.38 bits per heavy atom. The Morgan fingerprint density at radius 2 is 2.05 bits per heavy atom. The van der Waals surface area contributed by atoms with Gasteiger partial charge in [0, 0.05) is 24.7 Å². The number of nitrogens with zero attached hydrogens (tertiary/aromatic N) is 3. The molecule has 1 fully saturated rings. The summed E-state index contributed by atoms with van der Waals surface area (Å²) in [5.74, 6) is 0.303. The molecule has 0 bridgehead atoms. The van der Waals surface area contributed by atoms with Gasteiger partial charge < -0.3 is 9.64 Å². The molecule has 0 saturated carbocycles. The van der Waals surface area contributed by atoms with Crippen LogP contribution in [0.2, 0.25) is 0 Å². The maximum Gasteiger partial charge on any atom is 0.410 e. The van der Waals surface area contributed by atoms with E-state index in [4.69, 9.17) is 10.00 Å². The number of piperidine rings is 1. The third-order valence-electron chi connectivity index (χ3n) is 3.45. The molecule has 112 valence electrons. The Kier molecular flexibility index (Phi) is 4.46. The number of hydrogen-bond acceptors (Lipinski definition) is 4. The molecule has 5 nitrogen and oxygen atoms in total. The van der Waals surface area contributed by atoms with E-state index < -0.39 is 5.60 Å². The SMILES string of the molecule is CC(C)(C)OC(=O)N1CCC(c2cccc(C#N)n2)CC1. The summed E-state index contributed by atoms with van der Waals surface area (Å²) in [6, 6.07) is 7.59. The molecule has 1 saturated heterocycles. The van der Waals surface area contributed by atoms with E-state index in [0.29, 0.717) is 24.7 Å². The summed E-state index contributed by atoms with van der Waals surface area (Å²) in [5.41, 5.74) is 0.927. The summed E-state index contributed by atoms with van der Waals surface area (Å²) >= 11 is 0. The first-order valence-electron chi connectivity index (χ1n) is 7.24. The Hall–Kier alpha value is -2.09. The number of hydrogen-bond donors (Lipinski definition) is 0. The van der Waals surface area contributed by atoms with Crippen LogP contribution >= 0.6 is 0 Å². The van der Waals surface area contributed by atoms with Gasteiger partial charge in [0.1, 0.15) is 17.4 Å². The fourth-order valence-electron chi connectivity index (χ4n) is 2.43. The van der Waals surface area contributed by atoms with Gasteiger partial charge in [0.15, 0.2) is 0 Å². The van der Waals surface area contributed by atoms with Gasteiger partial charge in [-0.05, 0) is 45.7 Å². The van der Waals surface area contributed by atoms with Crippen LogP contribution in [0.15, 0.2) is 18.2 Å². The molecular weight excluding hydrogens is 266 g/mol. The van der Waals surface area contributed by atoms with Crippen molar-refractivity contribution in [3.8, 4) is 6.07 Å². The van der Waals surface area contributed by atoms with E-state index >= 15 is 0 Å². The minimum absolute atomic E-state index is 0.250. The average molecular weight is 287 g/mol. The van der Waals surface area contributed by atoms with Crippen LogP contribution in [-0.2, 0) is 4.74 Å². The standard InChI is InChI=1S/C16H21N3O2/c1-16(2,3)21-15(20)19-9-7-12(8-10-19)14-6-4-5-13(11-17)18-14/h4-6,12H,7-10H2,1-3H3. The predicted molar refractivity (Wildman–Crippen MR) is 78.7 cm³/mol. The third kappa shape index (κ3) is 4.19. The van der Waals surface area contributed by atoms with Crippen LogP contribution in [0.1, 0.15) is 50.9 Å². The first-order valence-corrected chi connectivity index (χ1v) is 7.24. The predicted octanol–water partition coefficient (Wildman–Crippen LogP) is 3.07. The summed E-state index contributed by atoms with van der Waals surface area (Å²) in [5, 5.41) is 8.90. The maximum absolute atomic E-state index is 12.0. The van der Waals surface area contributed by atoms with Gasteiger partial charge in [-0.15, -0.1) is 0 Å². The highest BCUT2D eigenvalue weighted by molar-refractivity contribution is 5.68. The number of carbonyl (C=O) groups excluding carboxylic acids is 1. The second-order valence-corrected chi connectivity index (χ2v) is 6.30. The Bertz CT molecular complexity index is 549. The molecule has 21 heavy (non-hydrogen) atoms. The number of rotatable bonds is 1. The largest absolute Gasteiger partial charge is 0.444 e. The normalized spacial score (nSPS) is 16.4. The monoisotopic (exact) mass is 287 g/mol.